The van der Waals surface area contributed by atoms with Gasteiger partial charge < -0.3 is 14.9 Å². The smallest absolute Gasteiger partial charge is 0.147 e. The minimum Gasteiger partial charge on any atom is -0.393 e. The third kappa shape index (κ3) is 5.89. The molecule has 3 rings (SSSR count). The SMILES string of the molecule is C=C1C(=CC=C2CCC[C@]3(C)[C@@H]([C@@H](C)OCCCS(C)(=O)=O)CC[C@@H]23)CC(O)CC1O. The highest BCUT2D eigenvalue weighted by Gasteiger charge is 2.51. The number of ether oxygens (including phenoxy) is 1. The summed E-state index contributed by atoms with van der Waals surface area (Å²) in [5.41, 5.74) is 3.36. The van der Waals surface area contributed by atoms with E-state index in [2.05, 4.69) is 32.6 Å². The van der Waals surface area contributed by atoms with E-state index in [1.807, 2.05) is 0 Å². The van der Waals surface area contributed by atoms with Gasteiger partial charge in [-0.2, -0.15) is 0 Å². The lowest BCUT2D eigenvalue weighted by Crippen LogP contribution is -2.38. The van der Waals surface area contributed by atoms with Gasteiger partial charge in [0, 0.05) is 19.3 Å². The lowest BCUT2D eigenvalue weighted by Gasteiger charge is -2.44. The van der Waals surface area contributed by atoms with E-state index in [0.29, 0.717) is 37.7 Å². The molecular weight excluding hydrogens is 412 g/mol. The van der Waals surface area contributed by atoms with Crippen LogP contribution in [0.2, 0.25) is 0 Å². The Kier molecular flexibility index (Phi) is 7.88. The largest absolute Gasteiger partial charge is 0.393 e. The first-order chi connectivity index (χ1) is 14.5. The van der Waals surface area contributed by atoms with Crippen LogP contribution in [0.3, 0.4) is 0 Å². The highest BCUT2D eigenvalue weighted by Crippen LogP contribution is 2.58. The Morgan fingerprint density at radius 3 is 2.74 bits per heavy atom. The summed E-state index contributed by atoms with van der Waals surface area (Å²) >= 11 is 0. The van der Waals surface area contributed by atoms with Gasteiger partial charge >= 0.3 is 0 Å². The van der Waals surface area contributed by atoms with Crippen molar-refractivity contribution in [2.24, 2.45) is 17.3 Å². The first kappa shape index (κ1) is 24.7. The topological polar surface area (TPSA) is 83.8 Å². The lowest BCUT2D eigenvalue weighted by atomic mass is 9.62. The fourth-order valence-electron chi connectivity index (χ4n) is 6.22. The van der Waals surface area contributed by atoms with Gasteiger partial charge in [-0.25, -0.2) is 8.42 Å². The minimum atomic E-state index is -2.94. The molecule has 0 bridgehead atoms. The van der Waals surface area contributed by atoms with Gasteiger partial charge in [0.1, 0.15) is 9.84 Å². The third-order valence-electron chi connectivity index (χ3n) is 7.91. The third-order valence-corrected chi connectivity index (χ3v) is 8.94. The van der Waals surface area contributed by atoms with Crippen molar-refractivity contribution in [1.29, 1.82) is 0 Å². The fourth-order valence-corrected chi connectivity index (χ4v) is 6.86. The molecule has 6 atom stereocenters. The van der Waals surface area contributed by atoms with Crippen molar-refractivity contribution in [2.75, 3.05) is 18.6 Å². The molecule has 2 unspecified atom stereocenters. The number of aliphatic hydroxyl groups is 2. The predicted octanol–water partition coefficient (Wildman–Crippen LogP) is 3.97. The summed E-state index contributed by atoms with van der Waals surface area (Å²) in [6.07, 6.45) is 11.8. The Balaban J connectivity index is 1.67. The number of hydrogen-bond acceptors (Lipinski definition) is 5. The minimum absolute atomic E-state index is 0.121. The van der Waals surface area contributed by atoms with Crippen LogP contribution in [0.15, 0.2) is 35.5 Å². The first-order valence-corrected chi connectivity index (χ1v) is 13.8. The van der Waals surface area contributed by atoms with Gasteiger partial charge in [0.2, 0.25) is 0 Å². The van der Waals surface area contributed by atoms with Crippen LogP contribution in [0.4, 0.5) is 0 Å². The molecule has 176 valence electrons. The van der Waals surface area contributed by atoms with E-state index in [4.69, 9.17) is 4.74 Å². The second kappa shape index (κ2) is 9.90. The number of aliphatic hydroxyl groups excluding tert-OH is 2. The van der Waals surface area contributed by atoms with Crippen LogP contribution in [0, 0.1) is 17.3 Å². The van der Waals surface area contributed by atoms with Crippen molar-refractivity contribution in [2.45, 2.75) is 83.5 Å². The normalized spacial score (nSPS) is 37.9. The zero-order valence-corrected chi connectivity index (χ0v) is 20.2. The molecule has 0 aliphatic heterocycles. The Bertz CT molecular complexity index is 827. The van der Waals surface area contributed by atoms with Gasteiger partial charge in [-0.15, -0.1) is 0 Å². The molecule has 0 aromatic heterocycles. The zero-order valence-electron chi connectivity index (χ0n) is 19.3. The zero-order chi connectivity index (χ0) is 22.8. The maximum atomic E-state index is 11.3. The average molecular weight is 453 g/mol. The Hall–Kier alpha value is -0.950. The van der Waals surface area contributed by atoms with Gasteiger partial charge in [0.25, 0.3) is 0 Å². The van der Waals surface area contributed by atoms with Crippen molar-refractivity contribution in [3.05, 3.63) is 35.5 Å². The number of sulfone groups is 1. The summed E-state index contributed by atoms with van der Waals surface area (Å²) in [5.74, 6) is 1.18. The van der Waals surface area contributed by atoms with Crippen molar-refractivity contribution in [3.63, 3.8) is 0 Å². The molecule has 0 aromatic carbocycles. The monoisotopic (exact) mass is 452 g/mol. The molecule has 31 heavy (non-hydrogen) atoms. The second-order valence-corrected chi connectivity index (χ2v) is 12.5. The summed E-state index contributed by atoms with van der Waals surface area (Å²) < 4.78 is 28.8. The summed E-state index contributed by atoms with van der Waals surface area (Å²) in [6, 6.07) is 0. The average Bonchev–Trinajstić information content (AvgIpc) is 3.03. The molecule has 0 aromatic rings. The van der Waals surface area contributed by atoms with Crippen molar-refractivity contribution < 1.29 is 23.4 Å². The van der Waals surface area contributed by atoms with Crippen LogP contribution in [0.5, 0.6) is 0 Å². The molecule has 2 N–H and O–H groups in total. The summed E-state index contributed by atoms with van der Waals surface area (Å²) in [5, 5.41) is 20.1. The highest BCUT2D eigenvalue weighted by molar-refractivity contribution is 7.90. The highest BCUT2D eigenvalue weighted by atomic mass is 32.2. The molecule has 0 spiro atoms. The first-order valence-electron chi connectivity index (χ1n) is 11.8. The van der Waals surface area contributed by atoms with Crippen molar-refractivity contribution in [1.82, 2.24) is 0 Å². The van der Waals surface area contributed by atoms with E-state index in [1.54, 1.807) is 0 Å². The van der Waals surface area contributed by atoms with Gasteiger partial charge in [-0.3, -0.25) is 0 Å². The maximum absolute atomic E-state index is 11.3. The number of hydrogen-bond donors (Lipinski definition) is 2. The number of allylic oxidation sites excluding steroid dienone is 3. The number of rotatable bonds is 7. The van der Waals surface area contributed by atoms with Gasteiger partial charge in [-0.05, 0) is 80.3 Å². The van der Waals surface area contributed by atoms with E-state index in [-0.39, 0.29) is 17.3 Å². The molecule has 3 saturated carbocycles. The van der Waals surface area contributed by atoms with E-state index in [9.17, 15) is 18.6 Å². The Morgan fingerprint density at radius 2 is 2.03 bits per heavy atom. The lowest BCUT2D eigenvalue weighted by molar-refractivity contribution is -0.0244. The maximum Gasteiger partial charge on any atom is 0.147 e. The fraction of sp³-hybridized carbons (Fsp3) is 0.760. The molecule has 0 radical (unpaired) electrons. The summed E-state index contributed by atoms with van der Waals surface area (Å²) in [4.78, 5) is 0. The van der Waals surface area contributed by atoms with Crippen LogP contribution < -0.4 is 0 Å². The van der Waals surface area contributed by atoms with E-state index >= 15 is 0 Å². The van der Waals surface area contributed by atoms with Crippen molar-refractivity contribution >= 4 is 9.84 Å². The van der Waals surface area contributed by atoms with Crippen LogP contribution in [-0.4, -0.2) is 55.6 Å². The molecular formula is C25H40O5S. The number of fused-ring (bicyclic) bond motifs is 1. The van der Waals surface area contributed by atoms with Gasteiger partial charge in [-0.1, -0.05) is 31.2 Å². The van der Waals surface area contributed by atoms with Gasteiger partial charge in [0.15, 0.2) is 0 Å². The summed E-state index contributed by atoms with van der Waals surface area (Å²) in [7, 11) is -2.94. The molecule has 6 heteroatoms. The van der Waals surface area contributed by atoms with Crippen LogP contribution in [0.1, 0.15) is 65.2 Å². The standard InChI is InChI=1S/C25H40O5S/c1-17-20(15-21(26)16-24(17)27)9-8-19-7-5-12-25(3)22(10-11-23(19)25)18(2)30-13-6-14-31(4,28)29/h8-9,18,21-24,26-27H,1,5-7,10-16H2,2-4H3/t18-,21?,22-,23+,24?,25-/m1/s1. The molecule has 3 fully saturated rings. The Morgan fingerprint density at radius 1 is 1.29 bits per heavy atom. The van der Waals surface area contributed by atoms with Crippen LogP contribution >= 0.6 is 0 Å². The quantitative estimate of drug-likeness (QED) is 0.571. The van der Waals surface area contributed by atoms with E-state index in [1.165, 1.54) is 18.2 Å². The molecule has 0 heterocycles. The Labute approximate surface area is 188 Å². The van der Waals surface area contributed by atoms with Crippen LogP contribution in [-0.2, 0) is 14.6 Å². The molecule has 3 aliphatic carbocycles. The molecule has 3 aliphatic rings. The summed E-state index contributed by atoms with van der Waals surface area (Å²) in [6.45, 7) is 9.07. The van der Waals surface area contributed by atoms with E-state index < -0.39 is 22.0 Å². The van der Waals surface area contributed by atoms with Gasteiger partial charge in [0.05, 0.1) is 24.1 Å². The predicted molar refractivity (Wildman–Crippen MR) is 124 cm³/mol. The van der Waals surface area contributed by atoms with E-state index in [0.717, 1.165) is 36.8 Å². The molecule has 0 amide bonds. The molecule has 0 saturated heterocycles. The van der Waals surface area contributed by atoms with Crippen LogP contribution in [0.25, 0.3) is 0 Å². The second-order valence-electron chi connectivity index (χ2n) is 10.2. The molecule has 5 nitrogen and oxygen atoms in total. The van der Waals surface area contributed by atoms with Crippen molar-refractivity contribution in [3.8, 4) is 0 Å².